The Labute approximate surface area is 110 Å². The van der Waals surface area contributed by atoms with E-state index in [1.54, 1.807) is 6.07 Å². The molecule has 0 unspecified atom stereocenters. The molecule has 0 bridgehead atoms. The van der Waals surface area contributed by atoms with E-state index in [1.807, 2.05) is 0 Å². The molecule has 1 saturated carbocycles. The molecule has 6 nitrogen and oxygen atoms in total. The van der Waals surface area contributed by atoms with Gasteiger partial charge in [0.2, 0.25) is 0 Å². The summed E-state index contributed by atoms with van der Waals surface area (Å²) in [5.74, 6) is -1.46. The SMILES string of the molecule is CNC(=O)c1ccc(NC2(C(=O)O)CCC2)cc1O. The second-order valence-electron chi connectivity index (χ2n) is 4.68. The molecule has 1 aromatic carbocycles. The van der Waals surface area contributed by atoms with Crippen LogP contribution in [0.1, 0.15) is 29.6 Å². The Morgan fingerprint density at radius 3 is 2.42 bits per heavy atom. The first-order chi connectivity index (χ1) is 8.98. The third-order valence-corrected chi connectivity index (χ3v) is 3.47. The van der Waals surface area contributed by atoms with Crippen LogP contribution in [0, 0.1) is 0 Å². The van der Waals surface area contributed by atoms with Gasteiger partial charge in [0.05, 0.1) is 5.56 Å². The van der Waals surface area contributed by atoms with Crippen molar-refractivity contribution < 1.29 is 19.8 Å². The maximum atomic E-state index is 11.4. The van der Waals surface area contributed by atoms with E-state index in [9.17, 15) is 19.8 Å². The maximum Gasteiger partial charge on any atom is 0.329 e. The van der Waals surface area contributed by atoms with Gasteiger partial charge in [-0.1, -0.05) is 0 Å². The van der Waals surface area contributed by atoms with E-state index in [1.165, 1.54) is 19.2 Å². The molecular formula is C13H16N2O4. The monoisotopic (exact) mass is 264 g/mol. The van der Waals surface area contributed by atoms with Crippen LogP contribution in [0.25, 0.3) is 0 Å². The number of phenolic OH excluding ortho intramolecular Hbond substituents is 1. The molecule has 6 heteroatoms. The molecule has 0 aromatic heterocycles. The van der Waals surface area contributed by atoms with Gasteiger partial charge in [0.25, 0.3) is 5.91 Å². The highest BCUT2D eigenvalue weighted by molar-refractivity contribution is 5.97. The van der Waals surface area contributed by atoms with Gasteiger partial charge in [-0.15, -0.1) is 0 Å². The van der Waals surface area contributed by atoms with Crippen molar-refractivity contribution in [1.82, 2.24) is 5.32 Å². The molecule has 0 heterocycles. The number of aliphatic carboxylic acids is 1. The summed E-state index contributed by atoms with van der Waals surface area (Å²) in [6, 6.07) is 4.42. The lowest BCUT2D eigenvalue weighted by Gasteiger charge is -2.39. The summed E-state index contributed by atoms with van der Waals surface area (Å²) in [6.45, 7) is 0. The van der Waals surface area contributed by atoms with Gasteiger partial charge in [0.1, 0.15) is 11.3 Å². The number of nitrogens with one attached hydrogen (secondary N) is 2. The number of carboxylic acids is 1. The first-order valence-corrected chi connectivity index (χ1v) is 6.05. The predicted octanol–water partition coefficient (Wildman–Crippen LogP) is 1.17. The minimum Gasteiger partial charge on any atom is -0.507 e. The summed E-state index contributed by atoms with van der Waals surface area (Å²) in [4.78, 5) is 22.6. The van der Waals surface area contributed by atoms with Crippen LogP contribution in [0.2, 0.25) is 0 Å². The van der Waals surface area contributed by atoms with Crippen molar-refractivity contribution in [2.75, 3.05) is 12.4 Å². The normalized spacial score (nSPS) is 16.3. The van der Waals surface area contributed by atoms with Crippen molar-refractivity contribution in [1.29, 1.82) is 0 Å². The molecule has 0 aliphatic heterocycles. The van der Waals surface area contributed by atoms with Crippen LogP contribution in [-0.2, 0) is 4.79 Å². The average molecular weight is 264 g/mol. The van der Waals surface area contributed by atoms with Crippen molar-refractivity contribution in [3.05, 3.63) is 23.8 Å². The summed E-state index contributed by atoms with van der Waals surface area (Å²) in [7, 11) is 1.47. The number of anilines is 1. The molecular weight excluding hydrogens is 248 g/mol. The molecule has 0 spiro atoms. The number of aromatic hydroxyl groups is 1. The highest BCUT2D eigenvalue weighted by Crippen LogP contribution is 2.36. The smallest absolute Gasteiger partial charge is 0.329 e. The van der Waals surface area contributed by atoms with Gasteiger partial charge in [-0.05, 0) is 31.4 Å². The van der Waals surface area contributed by atoms with Crippen molar-refractivity contribution >= 4 is 17.6 Å². The number of hydrogen-bond acceptors (Lipinski definition) is 4. The number of hydrogen-bond donors (Lipinski definition) is 4. The standard InChI is InChI=1S/C13H16N2O4/c1-14-11(17)9-4-3-8(7-10(9)16)15-13(12(18)19)5-2-6-13/h3-4,7,15-16H,2,5-6H2,1H3,(H,14,17)(H,18,19). The fourth-order valence-electron chi connectivity index (χ4n) is 2.14. The second kappa shape index (κ2) is 4.79. The number of amides is 1. The molecule has 1 fully saturated rings. The van der Waals surface area contributed by atoms with Crippen molar-refractivity contribution in [3.8, 4) is 5.75 Å². The van der Waals surface area contributed by atoms with Crippen LogP contribution in [0.15, 0.2) is 18.2 Å². The second-order valence-corrected chi connectivity index (χ2v) is 4.68. The molecule has 102 valence electrons. The third kappa shape index (κ3) is 2.33. The third-order valence-electron chi connectivity index (χ3n) is 3.47. The topological polar surface area (TPSA) is 98.7 Å². The molecule has 1 amide bonds. The highest BCUT2D eigenvalue weighted by atomic mass is 16.4. The maximum absolute atomic E-state index is 11.4. The summed E-state index contributed by atoms with van der Waals surface area (Å²) in [6.07, 6.45) is 1.97. The Hall–Kier alpha value is -2.24. The van der Waals surface area contributed by atoms with Crippen molar-refractivity contribution in [3.63, 3.8) is 0 Å². The Morgan fingerprint density at radius 1 is 1.32 bits per heavy atom. The number of carbonyl (C=O) groups excluding carboxylic acids is 1. The fourth-order valence-corrected chi connectivity index (χ4v) is 2.14. The lowest BCUT2D eigenvalue weighted by molar-refractivity contribution is -0.145. The first-order valence-electron chi connectivity index (χ1n) is 6.05. The summed E-state index contributed by atoms with van der Waals surface area (Å²) in [5.41, 5.74) is -0.292. The number of rotatable bonds is 4. The zero-order valence-electron chi connectivity index (χ0n) is 10.6. The van der Waals surface area contributed by atoms with Gasteiger partial charge in [0.15, 0.2) is 0 Å². The summed E-state index contributed by atoms with van der Waals surface area (Å²) < 4.78 is 0. The minimum absolute atomic E-state index is 0.158. The van der Waals surface area contributed by atoms with Gasteiger partial charge >= 0.3 is 5.97 Å². The van der Waals surface area contributed by atoms with E-state index in [0.29, 0.717) is 18.5 Å². The van der Waals surface area contributed by atoms with Crippen LogP contribution in [0.4, 0.5) is 5.69 Å². The fraction of sp³-hybridized carbons (Fsp3) is 0.385. The van der Waals surface area contributed by atoms with Gasteiger partial charge in [0, 0.05) is 18.8 Å². The van der Waals surface area contributed by atoms with E-state index >= 15 is 0 Å². The van der Waals surface area contributed by atoms with Crippen LogP contribution < -0.4 is 10.6 Å². The summed E-state index contributed by atoms with van der Waals surface area (Å²) in [5, 5.41) is 24.3. The molecule has 2 rings (SSSR count). The van der Waals surface area contributed by atoms with E-state index in [0.717, 1.165) is 6.42 Å². The molecule has 1 aromatic rings. The quantitative estimate of drug-likeness (QED) is 0.654. The van der Waals surface area contributed by atoms with Crippen molar-refractivity contribution in [2.45, 2.75) is 24.8 Å². The lowest BCUT2D eigenvalue weighted by Crippen LogP contribution is -2.52. The van der Waals surface area contributed by atoms with Crippen LogP contribution >= 0.6 is 0 Å². The van der Waals surface area contributed by atoms with Gasteiger partial charge in [-0.25, -0.2) is 4.79 Å². The molecule has 0 atom stereocenters. The zero-order valence-corrected chi connectivity index (χ0v) is 10.6. The predicted molar refractivity (Wildman–Crippen MR) is 69.3 cm³/mol. The summed E-state index contributed by atoms with van der Waals surface area (Å²) >= 11 is 0. The Morgan fingerprint density at radius 2 is 2.00 bits per heavy atom. The van der Waals surface area contributed by atoms with E-state index in [-0.39, 0.29) is 17.2 Å². The van der Waals surface area contributed by atoms with E-state index in [2.05, 4.69) is 10.6 Å². The minimum atomic E-state index is -0.943. The molecule has 19 heavy (non-hydrogen) atoms. The first kappa shape index (κ1) is 13.2. The zero-order chi connectivity index (χ0) is 14.0. The number of carbonyl (C=O) groups is 2. The van der Waals surface area contributed by atoms with Gasteiger partial charge in [-0.2, -0.15) is 0 Å². The molecule has 1 aliphatic rings. The van der Waals surface area contributed by atoms with E-state index in [4.69, 9.17) is 0 Å². The molecule has 4 N–H and O–H groups in total. The average Bonchev–Trinajstić information content (AvgIpc) is 2.32. The largest absolute Gasteiger partial charge is 0.507 e. The molecule has 0 saturated heterocycles. The number of phenols is 1. The van der Waals surface area contributed by atoms with Gasteiger partial charge in [-0.3, -0.25) is 4.79 Å². The Bertz CT molecular complexity index is 523. The van der Waals surface area contributed by atoms with Crippen LogP contribution in [0.5, 0.6) is 5.75 Å². The van der Waals surface area contributed by atoms with Crippen molar-refractivity contribution in [2.24, 2.45) is 0 Å². The number of benzene rings is 1. The van der Waals surface area contributed by atoms with Crippen LogP contribution in [0.3, 0.4) is 0 Å². The number of carboxylic acid groups (broad SMARTS) is 1. The van der Waals surface area contributed by atoms with Gasteiger partial charge < -0.3 is 20.8 Å². The Balaban J connectivity index is 2.21. The highest BCUT2D eigenvalue weighted by Gasteiger charge is 2.44. The lowest BCUT2D eigenvalue weighted by atomic mass is 9.76. The molecule has 0 radical (unpaired) electrons. The Kier molecular flexibility index (Phi) is 3.33. The van der Waals surface area contributed by atoms with Crippen LogP contribution in [-0.4, -0.2) is 34.7 Å². The molecule has 1 aliphatic carbocycles. The van der Waals surface area contributed by atoms with E-state index < -0.39 is 11.5 Å².